The maximum Gasteiger partial charge on any atom is 0.305 e. The number of hydrogen-bond donors (Lipinski definition) is 2. The lowest BCUT2D eigenvalue weighted by Gasteiger charge is -2.18. The standard InChI is InChI=1S/C17H19NO4S/c1-12-8-9-16(13(2)10-12)23(21,22)18-15(11-17(19)20)14-6-4-3-5-7-14/h3-10,15,18H,11H2,1-2H3,(H,19,20)/t15-/m1/s1. The van der Waals surface area contributed by atoms with Crippen molar-refractivity contribution >= 4 is 16.0 Å². The maximum atomic E-state index is 12.6. The molecule has 0 heterocycles. The summed E-state index contributed by atoms with van der Waals surface area (Å²) in [6.07, 6.45) is -0.325. The first-order valence-corrected chi connectivity index (χ1v) is 8.64. The average Bonchev–Trinajstić information content (AvgIpc) is 2.46. The van der Waals surface area contributed by atoms with Gasteiger partial charge in [0, 0.05) is 0 Å². The lowest BCUT2D eigenvalue weighted by atomic mass is 10.1. The van der Waals surface area contributed by atoms with Crippen molar-refractivity contribution < 1.29 is 18.3 Å². The molecular weight excluding hydrogens is 314 g/mol. The van der Waals surface area contributed by atoms with Crippen molar-refractivity contribution in [3.63, 3.8) is 0 Å². The molecule has 2 aromatic rings. The van der Waals surface area contributed by atoms with Crippen LogP contribution in [0.15, 0.2) is 53.4 Å². The van der Waals surface area contributed by atoms with E-state index in [1.165, 1.54) is 6.07 Å². The number of nitrogens with one attached hydrogen (secondary N) is 1. The number of benzene rings is 2. The van der Waals surface area contributed by atoms with E-state index in [4.69, 9.17) is 5.11 Å². The maximum absolute atomic E-state index is 12.6. The molecule has 0 radical (unpaired) electrons. The van der Waals surface area contributed by atoms with Gasteiger partial charge in [-0.2, -0.15) is 0 Å². The molecule has 0 amide bonds. The first kappa shape index (κ1) is 17.2. The second-order valence-electron chi connectivity index (χ2n) is 5.45. The van der Waals surface area contributed by atoms with Gasteiger partial charge in [0.05, 0.1) is 17.4 Å². The van der Waals surface area contributed by atoms with E-state index < -0.39 is 22.0 Å². The first-order chi connectivity index (χ1) is 10.8. The van der Waals surface area contributed by atoms with Crippen molar-refractivity contribution in [3.05, 3.63) is 65.2 Å². The number of hydrogen-bond acceptors (Lipinski definition) is 3. The third-order valence-electron chi connectivity index (χ3n) is 3.50. The molecule has 0 saturated heterocycles. The normalized spacial score (nSPS) is 12.8. The molecule has 23 heavy (non-hydrogen) atoms. The number of sulfonamides is 1. The largest absolute Gasteiger partial charge is 0.481 e. The average molecular weight is 333 g/mol. The summed E-state index contributed by atoms with van der Waals surface area (Å²) in [6, 6.07) is 12.9. The van der Waals surface area contributed by atoms with Crippen molar-refractivity contribution in [2.75, 3.05) is 0 Å². The highest BCUT2D eigenvalue weighted by atomic mass is 32.2. The topological polar surface area (TPSA) is 83.5 Å². The summed E-state index contributed by atoms with van der Waals surface area (Å²) in [5, 5.41) is 9.07. The number of carboxylic acid groups (broad SMARTS) is 1. The molecule has 0 aliphatic rings. The van der Waals surface area contributed by atoms with E-state index >= 15 is 0 Å². The van der Waals surface area contributed by atoms with Crippen LogP contribution in [0.25, 0.3) is 0 Å². The molecule has 0 bridgehead atoms. The number of carbonyl (C=O) groups is 1. The highest BCUT2D eigenvalue weighted by Crippen LogP contribution is 2.22. The Morgan fingerprint density at radius 1 is 1.13 bits per heavy atom. The predicted molar refractivity (Wildman–Crippen MR) is 87.7 cm³/mol. The van der Waals surface area contributed by atoms with Crippen LogP contribution in [0.1, 0.15) is 29.2 Å². The van der Waals surface area contributed by atoms with Gasteiger partial charge in [0.1, 0.15) is 0 Å². The van der Waals surface area contributed by atoms with E-state index in [1.807, 2.05) is 6.92 Å². The van der Waals surface area contributed by atoms with Gasteiger partial charge in [-0.1, -0.05) is 48.0 Å². The minimum absolute atomic E-state index is 0.161. The molecule has 1 atom stereocenters. The zero-order chi connectivity index (χ0) is 17.0. The van der Waals surface area contributed by atoms with E-state index in [9.17, 15) is 13.2 Å². The van der Waals surface area contributed by atoms with E-state index in [2.05, 4.69) is 4.72 Å². The van der Waals surface area contributed by atoms with Crippen LogP contribution in [0, 0.1) is 13.8 Å². The summed E-state index contributed by atoms with van der Waals surface area (Å²) >= 11 is 0. The highest BCUT2D eigenvalue weighted by Gasteiger charge is 2.24. The van der Waals surface area contributed by atoms with E-state index in [0.29, 0.717) is 11.1 Å². The Kier molecular flexibility index (Phi) is 5.18. The first-order valence-electron chi connectivity index (χ1n) is 7.16. The molecular formula is C17H19NO4S. The fraction of sp³-hybridized carbons (Fsp3) is 0.235. The highest BCUT2D eigenvalue weighted by molar-refractivity contribution is 7.89. The van der Waals surface area contributed by atoms with Gasteiger partial charge < -0.3 is 5.11 Å². The molecule has 0 aliphatic heterocycles. The minimum Gasteiger partial charge on any atom is -0.481 e. The Balaban J connectivity index is 2.36. The third-order valence-corrected chi connectivity index (χ3v) is 5.13. The molecule has 122 valence electrons. The van der Waals surface area contributed by atoms with Crippen LogP contribution in [0.3, 0.4) is 0 Å². The van der Waals surface area contributed by atoms with Crippen molar-refractivity contribution in [2.24, 2.45) is 0 Å². The van der Waals surface area contributed by atoms with Gasteiger partial charge in [-0.05, 0) is 31.0 Å². The van der Waals surface area contributed by atoms with Gasteiger partial charge in [0.25, 0.3) is 0 Å². The lowest BCUT2D eigenvalue weighted by molar-refractivity contribution is -0.137. The van der Waals surface area contributed by atoms with Gasteiger partial charge in [0.2, 0.25) is 10.0 Å². The molecule has 0 spiro atoms. The molecule has 5 nitrogen and oxygen atoms in total. The Bertz CT molecular complexity index is 801. The smallest absolute Gasteiger partial charge is 0.305 e. The summed E-state index contributed by atoms with van der Waals surface area (Å²) in [4.78, 5) is 11.2. The molecule has 0 aromatic heterocycles. The van der Waals surface area contributed by atoms with E-state index in [1.54, 1.807) is 49.4 Å². The van der Waals surface area contributed by atoms with Crippen LogP contribution in [0.5, 0.6) is 0 Å². The van der Waals surface area contributed by atoms with Crippen LogP contribution >= 0.6 is 0 Å². The Labute approximate surface area is 136 Å². The van der Waals surface area contributed by atoms with Gasteiger partial charge in [-0.15, -0.1) is 0 Å². The summed E-state index contributed by atoms with van der Waals surface area (Å²) in [6.45, 7) is 3.60. The number of rotatable bonds is 6. The molecule has 2 aromatic carbocycles. The van der Waals surface area contributed by atoms with E-state index in [0.717, 1.165) is 5.56 Å². The second-order valence-corrected chi connectivity index (χ2v) is 7.13. The minimum atomic E-state index is -3.81. The zero-order valence-electron chi connectivity index (χ0n) is 13.0. The monoisotopic (exact) mass is 333 g/mol. The summed E-state index contributed by atoms with van der Waals surface area (Å²) in [7, 11) is -3.81. The number of carboxylic acids is 1. The summed E-state index contributed by atoms with van der Waals surface area (Å²) in [5.74, 6) is -1.07. The van der Waals surface area contributed by atoms with Crippen LogP contribution < -0.4 is 4.72 Å². The molecule has 0 unspecified atom stereocenters. The Morgan fingerprint density at radius 2 is 1.78 bits per heavy atom. The molecule has 2 N–H and O–H groups in total. The Morgan fingerprint density at radius 3 is 2.35 bits per heavy atom. The molecule has 2 rings (SSSR count). The molecule has 0 aliphatic carbocycles. The zero-order valence-corrected chi connectivity index (χ0v) is 13.8. The van der Waals surface area contributed by atoms with Gasteiger partial charge in [-0.3, -0.25) is 4.79 Å². The summed E-state index contributed by atoms with van der Waals surface area (Å²) < 4.78 is 27.8. The van der Waals surface area contributed by atoms with Crippen LogP contribution in [0.2, 0.25) is 0 Å². The van der Waals surface area contributed by atoms with Gasteiger partial charge in [-0.25, -0.2) is 13.1 Å². The fourth-order valence-electron chi connectivity index (χ4n) is 2.44. The van der Waals surface area contributed by atoms with Gasteiger partial charge in [0.15, 0.2) is 0 Å². The predicted octanol–water partition coefficient (Wildman–Crippen LogP) is 2.80. The lowest BCUT2D eigenvalue weighted by Crippen LogP contribution is -2.30. The second kappa shape index (κ2) is 6.93. The molecule has 0 saturated carbocycles. The van der Waals surface area contributed by atoms with Crippen LogP contribution in [-0.2, 0) is 14.8 Å². The van der Waals surface area contributed by atoms with Crippen molar-refractivity contribution in [2.45, 2.75) is 31.2 Å². The third kappa shape index (κ3) is 4.40. The van der Waals surface area contributed by atoms with Crippen molar-refractivity contribution in [1.29, 1.82) is 0 Å². The number of aliphatic carboxylic acids is 1. The van der Waals surface area contributed by atoms with Crippen LogP contribution in [-0.4, -0.2) is 19.5 Å². The quantitative estimate of drug-likeness (QED) is 0.851. The van der Waals surface area contributed by atoms with Crippen molar-refractivity contribution in [3.8, 4) is 0 Å². The summed E-state index contributed by atoms with van der Waals surface area (Å²) in [5.41, 5.74) is 2.20. The molecule has 0 fully saturated rings. The van der Waals surface area contributed by atoms with Crippen LogP contribution in [0.4, 0.5) is 0 Å². The van der Waals surface area contributed by atoms with Crippen molar-refractivity contribution in [1.82, 2.24) is 4.72 Å². The van der Waals surface area contributed by atoms with E-state index in [-0.39, 0.29) is 11.3 Å². The van der Waals surface area contributed by atoms with Gasteiger partial charge >= 0.3 is 5.97 Å². The fourth-order valence-corrected chi connectivity index (χ4v) is 3.89. The Hall–Kier alpha value is -2.18. The molecule has 6 heteroatoms. The SMILES string of the molecule is Cc1ccc(S(=O)(=O)N[C@H](CC(=O)O)c2ccccc2)c(C)c1. The number of aryl methyl sites for hydroxylation is 2.